The lowest BCUT2D eigenvalue weighted by molar-refractivity contribution is 0.0459. The molecule has 1 aliphatic heterocycles. The maximum Gasteiger partial charge on any atom is 0.363 e. The molecule has 3 rings (SSSR count). The zero-order valence-corrected chi connectivity index (χ0v) is 13.9. The van der Waals surface area contributed by atoms with Crippen LogP contribution in [0.15, 0.2) is 36.4 Å². The standard InChI is InChI=1S/C18H19NO5/c1-21-14-6-4-12(5-7-14)18(20)24-19-9-8-13-10-15(22-2)11-16(23-3)17(13)19/h4-7,10-11H,8-9H2,1-3H3. The number of nitrogens with zero attached hydrogens (tertiary/aromatic N) is 1. The minimum Gasteiger partial charge on any atom is -0.497 e. The van der Waals surface area contributed by atoms with E-state index in [0.717, 1.165) is 17.7 Å². The van der Waals surface area contributed by atoms with Gasteiger partial charge in [-0.25, -0.2) is 9.86 Å². The Balaban J connectivity index is 1.82. The molecule has 1 heterocycles. The molecule has 0 aliphatic carbocycles. The first-order valence-corrected chi connectivity index (χ1v) is 7.55. The largest absolute Gasteiger partial charge is 0.497 e. The van der Waals surface area contributed by atoms with Crippen LogP contribution in [0.1, 0.15) is 15.9 Å². The minimum atomic E-state index is -0.427. The first-order chi connectivity index (χ1) is 11.7. The van der Waals surface area contributed by atoms with Gasteiger partial charge in [-0.1, -0.05) is 0 Å². The van der Waals surface area contributed by atoms with Gasteiger partial charge in [-0.2, -0.15) is 0 Å². The van der Waals surface area contributed by atoms with Gasteiger partial charge in [0.05, 0.1) is 33.4 Å². The van der Waals surface area contributed by atoms with Gasteiger partial charge in [0, 0.05) is 6.07 Å². The maximum absolute atomic E-state index is 12.4. The summed E-state index contributed by atoms with van der Waals surface area (Å²) in [6, 6.07) is 10.5. The van der Waals surface area contributed by atoms with Crippen molar-refractivity contribution in [3.8, 4) is 17.2 Å². The number of hydroxylamine groups is 1. The normalized spacial score (nSPS) is 12.5. The quantitative estimate of drug-likeness (QED) is 0.841. The van der Waals surface area contributed by atoms with Gasteiger partial charge in [-0.3, -0.25) is 0 Å². The second-order valence-corrected chi connectivity index (χ2v) is 5.30. The third-order valence-corrected chi connectivity index (χ3v) is 3.94. The summed E-state index contributed by atoms with van der Waals surface area (Å²) in [5, 5.41) is 1.57. The smallest absolute Gasteiger partial charge is 0.363 e. The fraction of sp³-hybridized carbons (Fsp3) is 0.278. The summed E-state index contributed by atoms with van der Waals surface area (Å²) in [5.41, 5.74) is 2.24. The van der Waals surface area contributed by atoms with E-state index in [2.05, 4.69) is 0 Å². The van der Waals surface area contributed by atoms with Crippen LogP contribution in [-0.4, -0.2) is 33.8 Å². The molecular formula is C18H19NO5. The van der Waals surface area contributed by atoms with Crippen LogP contribution < -0.4 is 19.3 Å². The lowest BCUT2D eigenvalue weighted by Gasteiger charge is -2.20. The SMILES string of the molecule is COc1ccc(C(=O)ON2CCc3cc(OC)cc(OC)c32)cc1. The van der Waals surface area contributed by atoms with Crippen molar-refractivity contribution in [2.45, 2.75) is 6.42 Å². The van der Waals surface area contributed by atoms with Gasteiger partial charge < -0.3 is 19.0 Å². The number of rotatable bonds is 5. The first kappa shape index (κ1) is 16.0. The predicted octanol–water partition coefficient (Wildman–Crippen LogP) is 2.85. The summed E-state index contributed by atoms with van der Waals surface area (Å²) < 4.78 is 15.8. The highest BCUT2D eigenvalue weighted by Gasteiger charge is 2.28. The summed E-state index contributed by atoms with van der Waals surface area (Å²) in [7, 11) is 4.77. The third kappa shape index (κ3) is 2.95. The highest BCUT2D eigenvalue weighted by Crippen LogP contribution is 2.40. The van der Waals surface area contributed by atoms with Gasteiger partial charge >= 0.3 is 5.97 Å². The van der Waals surface area contributed by atoms with E-state index in [4.69, 9.17) is 19.0 Å². The predicted molar refractivity (Wildman–Crippen MR) is 89.0 cm³/mol. The van der Waals surface area contributed by atoms with Crippen LogP contribution in [0.25, 0.3) is 0 Å². The first-order valence-electron chi connectivity index (χ1n) is 7.55. The van der Waals surface area contributed by atoms with E-state index >= 15 is 0 Å². The molecule has 2 aromatic carbocycles. The number of benzene rings is 2. The van der Waals surface area contributed by atoms with E-state index in [1.807, 2.05) is 6.07 Å². The topological polar surface area (TPSA) is 57.2 Å². The lowest BCUT2D eigenvalue weighted by atomic mass is 10.1. The van der Waals surface area contributed by atoms with Crippen LogP contribution in [0.3, 0.4) is 0 Å². The molecule has 0 bridgehead atoms. The average Bonchev–Trinajstić information content (AvgIpc) is 3.03. The van der Waals surface area contributed by atoms with Crippen LogP contribution in [0.2, 0.25) is 0 Å². The molecular weight excluding hydrogens is 310 g/mol. The number of carbonyl (C=O) groups is 1. The van der Waals surface area contributed by atoms with E-state index in [9.17, 15) is 4.79 Å². The van der Waals surface area contributed by atoms with Crippen molar-refractivity contribution in [1.29, 1.82) is 0 Å². The Morgan fingerprint density at radius 1 is 0.958 bits per heavy atom. The number of hydrogen-bond acceptors (Lipinski definition) is 6. The van der Waals surface area contributed by atoms with Crippen LogP contribution in [0.5, 0.6) is 17.2 Å². The zero-order chi connectivity index (χ0) is 17.1. The maximum atomic E-state index is 12.4. The van der Waals surface area contributed by atoms with Gasteiger partial charge in [-0.15, -0.1) is 0 Å². The van der Waals surface area contributed by atoms with Crippen molar-refractivity contribution in [2.75, 3.05) is 32.9 Å². The van der Waals surface area contributed by atoms with Gasteiger partial charge in [0.15, 0.2) is 0 Å². The minimum absolute atomic E-state index is 0.427. The molecule has 2 aromatic rings. The second-order valence-electron chi connectivity index (χ2n) is 5.30. The molecule has 126 valence electrons. The van der Waals surface area contributed by atoms with E-state index in [1.54, 1.807) is 56.7 Å². The molecule has 1 aliphatic rings. The molecule has 0 atom stereocenters. The molecule has 24 heavy (non-hydrogen) atoms. The average molecular weight is 329 g/mol. The molecule has 0 radical (unpaired) electrons. The molecule has 0 amide bonds. The number of hydrogen-bond donors (Lipinski definition) is 0. The summed E-state index contributed by atoms with van der Waals surface area (Å²) in [5.74, 6) is 1.59. The number of methoxy groups -OCH3 is 3. The van der Waals surface area contributed by atoms with Gasteiger partial charge in [0.2, 0.25) is 0 Å². The van der Waals surface area contributed by atoms with Crippen molar-refractivity contribution in [2.24, 2.45) is 0 Å². The number of fused-ring (bicyclic) bond motifs is 1. The van der Waals surface area contributed by atoms with E-state index in [1.165, 1.54) is 0 Å². The van der Waals surface area contributed by atoms with Crippen LogP contribution >= 0.6 is 0 Å². The van der Waals surface area contributed by atoms with Gasteiger partial charge in [0.1, 0.15) is 22.9 Å². The van der Waals surface area contributed by atoms with Crippen LogP contribution in [0.4, 0.5) is 5.69 Å². The third-order valence-electron chi connectivity index (χ3n) is 3.94. The number of carbonyl (C=O) groups excluding carboxylic acids is 1. The number of anilines is 1. The molecule has 0 fully saturated rings. The van der Waals surface area contributed by atoms with E-state index < -0.39 is 5.97 Å². The van der Waals surface area contributed by atoms with E-state index in [0.29, 0.717) is 29.4 Å². The Labute approximate surface area is 140 Å². The van der Waals surface area contributed by atoms with Crippen molar-refractivity contribution in [3.05, 3.63) is 47.5 Å². The molecule has 0 spiro atoms. The number of ether oxygens (including phenoxy) is 3. The summed E-state index contributed by atoms with van der Waals surface area (Å²) in [6.45, 7) is 0.570. The van der Waals surface area contributed by atoms with Crippen molar-refractivity contribution in [3.63, 3.8) is 0 Å². The Bertz CT molecular complexity index is 742. The fourth-order valence-corrected chi connectivity index (χ4v) is 2.69. The summed E-state index contributed by atoms with van der Waals surface area (Å²) in [4.78, 5) is 17.9. The van der Waals surface area contributed by atoms with Gasteiger partial charge in [-0.05, 0) is 42.3 Å². The Morgan fingerprint density at radius 3 is 2.29 bits per heavy atom. The van der Waals surface area contributed by atoms with E-state index in [-0.39, 0.29) is 0 Å². The van der Waals surface area contributed by atoms with Crippen LogP contribution in [0, 0.1) is 0 Å². The molecule has 0 saturated carbocycles. The second kappa shape index (κ2) is 6.70. The molecule has 0 aromatic heterocycles. The molecule has 0 N–H and O–H groups in total. The zero-order valence-electron chi connectivity index (χ0n) is 13.9. The van der Waals surface area contributed by atoms with Gasteiger partial charge in [0.25, 0.3) is 0 Å². The Hall–Kier alpha value is -2.89. The van der Waals surface area contributed by atoms with Crippen molar-refractivity contribution < 1.29 is 23.8 Å². The highest BCUT2D eigenvalue weighted by atomic mass is 16.7. The monoisotopic (exact) mass is 329 g/mol. The molecule has 0 unspecified atom stereocenters. The van der Waals surface area contributed by atoms with Crippen LogP contribution in [-0.2, 0) is 11.3 Å². The lowest BCUT2D eigenvalue weighted by Crippen LogP contribution is -2.25. The summed E-state index contributed by atoms with van der Waals surface area (Å²) >= 11 is 0. The van der Waals surface area contributed by atoms with Crippen molar-refractivity contribution in [1.82, 2.24) is 0 Å². The molecule has 6 heteroatoms. The van der Waals surface area contributed by atoms with Crippen molar-refractivity contribution >= 4 is 11.7 Å². The summed E-state index contributed by atoms with van der Waals surface area (Å²) in [6.07, 6.45) is 0.749. The fourth-order valence-electron chi connectivity index (χ4n) is 2.69. The highest BCUT2D eigenvalue weighted by molar-refractivity contribution is 5.90. The Kier molecular flexibility index (Phi) is 4.46. The Morgan fingerprint density at radius 2 is 1.67 bits per heavy atom. The molecule has 6 nitrogen and oxygen atoms in total. The molecule has 0 saturated heterocycles.